The molecule has 0 radical (unpaired) electrons. The van der Waals surface area contributed by atoms with E-state index >= 15 is 0 Å². The molecule has 0 unspecified atom stereocenters. The summed E-state index contributed by atoms with van der Waals surface area (Å²) in [6.45, 7) is 15.6. The van der Waals surface area contributed by atoms with Gasteiger partial charge in [0.1, 0.15) is 7.05 Å². The van der Waals surface area contributed by atoms with Crippen molar-refractivity contribution in [3.63, 3.8) is 0 Å². The SMILES string of the molecule is Cc1cc(C)c(C(C)(C)C)cc1-c1ccc(C)c(C)[n+]1C. The predicted molar refractivity (Wildman–Crippen MR) is 90.7 cm³/mol. The summed E-state index contributed by atoms with van der Waals surface area (Å²) in [4.78, 5) is 0. The van der Waals surface area contributed by atoms with Crippen LogP contribution < -0.4 is 4.57 Å². The molecule has 1 heterocycles. The molecule has 0 saturated carbocycles. The lowest BCUT2D eigenvalue weighted by molar-refractivity contribution is -0.667. The van der Waals surface area contributed by atoms with Crippen LogP contribution in [-0.2, 0) is 12.5 Å². The van der Waals surface area contributed by atoms with E-state index in [4.69, 9.17) is 0 Å². The zero-order chi connectivity index (χ0) is 15.9. The summed E-state index contributed by atoms with van der Waals surface area (Å²) in [6, 6.07) is 9.17. The average molecular weight is 282 g/mol. The van der Waals surface area contributed by atoms with Crippen LogP contribution in [0.3, 0.4) is 0 Å². The number of benzene rings is 1. The van der Waals surface area contributed by atoms with Gasteiger partial charge in [0.15, 0.2) is 5.69 Å². The second-order valence-electron chi connectivity index (χ2n) is 7.28. The van der Waals surface area contributed by atoms with Gasteiger partial charge in [-0.05, 0) is 55.0 Å². The Hall–Kier alpha value is -1.63. The Kier molecular flexibility index (Phi) is 3.97. The summed E-state index contributed by atoms with van der Waals surface area (Å²) in [5.74, 6) is 0. The number of hydrogen-bond donors (Lipinski definition) is 0. The van der Waals surface area contributed by atoms with E-state index in [0.717, 1.165) is 0 Å². The van der Waals surface area contributed by atoms with E-state index < -0.39 is 0 Å². The van der Waals surface area contributed by atoms with Gasteiger partial charge in [0, 0.05) is 24.1 Å². The summed E-state index contributed by atoms with van der Waals surface area (Å²) in [6.07, 6.45) is 0. The number of rotatable bonds is 1. The number of aromatic nitrogens is 1. The molecule has 0 amide bonds. The van der Waals surface area contributed by atoms with Crippen LogP contribution in [0.25, 0.3) is 11.3 Å². The highest BCUT2D eigenvalue weighted by Crippen LogP contribution is 2.32. The predicted octanol–water partition coefficient (Wildman–Crippen LogP) is 4.71. The Morgan fingerprint density at radius 1 is 0.810 bits per heavy atom. The Morgan fingerprint density at radius 2 is 1.43 bits per heavy atom. The Labute approximate surface area is 129 Å². The lowest BCUT2D eigenvalue weighted by Crippen LogP contribution is -2.35. The Bertz CT molecular complexity index is 688. The molecule has 0 aliphatic rings. The van der Waals surface area contributed by atoms with Crippen LogP contribution >= 0.6 is 0 Å². The van der Waals surface area contributed by atoms with E-state index in [2.05, 4.69) is 84.3 Å². The molecule has 0 saturated heterocycles. The highest BCUT2D eigenvalue weighted by atomic mass is 14.9. The largest absolute Gasteiger partial charge is 0.212 e. The molecule has 1 aromatic heterocycles. The molecule has 1 heteroatoms. The molecular formula is C20H28N+. The third-order valence-corrected chi connectivity index (χ3v) is 4.58. The standard InChI is InChI=1S/C20H28N/c1-13-9-10-19(21(8)16(13)4)17-12-18(20(5,6)7)15(3)11-14(17)2/h9-12H,1-8H3/q+1. The first-order valence-corrected chi connectivity index (χ1v) is 7.71. The maximum atomic E-state index is 2.38. The quantitative estimate of drug-likeness (QED) is 0.667. The second kappa shape index (κ2) is 5.29. The molecule has 0 fully saturated rings. The van der Waals surface area contributed by atoms with Gasteiger partial charge in [-0.3, -0.25) is 0 Å². The molecular weight excluding hydrogens is 254 g/mol. The van der Waals surface area contributed by atoms with Crippen molar-refractivity contribution in [3.05, 3.63) is 52.2 Å². The van der Waals surface area contributed by atoms with Gasteiger partial charge in [0.25, 0.3) is 0 Å². The lowest BCUT2D eigenvalue weighted by Gasteiger charge is -2.23. The first kappa shape index (κ1) is 15.8. The maximum absolute atomic E-state index is 2.38. The second-order valence-corrected chi connectivity index (χ2v) is 7.28. The van der Waals surface area contributed by atoms with Gasteiger partial charge in [0.2, 0.25) is 5.69 Å². The summed E-state index contributed by atoms with van der Waals surface area (Å²) >= 11 is 0. The van der Waals surface area contributed by atoms with E-state index in [-0.39, 0.29) is 5.41 Å². The molecule has 1 nitrogen and oxygen atoms in total. The van der Waals surface area contributed by atoms with Crippen molar-refractivity contribution < 1.29 is 4.57 Å². The smallest absolute Gasteiger partial charge is 0.198 e. The Balaban J connectivity index is 2.73. The van der Waals surface area contributed by atoms with Crippen molar-refractivity contribution in [2.24, 2.45) is 7.05 Å². The molecule has 0 atom stereocenters. The van der Waals surface area contributed by atoms with E-state index in [9.17, 15) is 0 Å². The normalized spacial score (nSPS) is 11.8. The first-order valence-electron chi connectivity index (χ1n) is 7.71. The van der Waals surface area contributed by atoms with Crippen molar-refractivity contribution in [2.45, 2.75) is 53.9 Å². The third kappa shape index (κ3) is 2.88. The lowest BCUT2D eigenvalue weighted by atomic mass is 9.81. The van der Waals surface area contributed by atoms with Crippen LogP contribution in [-0.4, -0.2) is 0 Å². The molecule has 0 bridgehead atoms. The van der Waals surface area contributed by atoms with E-state index in [1.807, 2.05) is 0 Å². The molecule has 0 N–H and O–H groups in total. The van der Waals surface area contributed by atoms with Crippen molar-refractivity contribution in [3.8, 4) is 11.3 Å². The van der Waals surface area contributed by atoms with Gasteiger partial charge in [-0.15, -0.1) is 0 Å². The maximum Gasteiger partial charge on any atom is 0.212 e. The Morgan fingerprint density at radius 3 is 2.00 bits per heavy atom. The van der Waals surface area contributed by atoms with Gasteiger partial charge < -0.3 is 0 Å². The highest BCUT2D eigenvalue weighted by Gasteiger charge is 2.22. The molecule has 0 aliphatic carbocycles. The van der Waals surface area contributed by atoms with Gasteiger partial charge >= 0.3 is 0 Å². The van der Waals surface area contributed by atoms with Crippen molar-refractivity contribution in [2.75, 3.05) is 0 Å². The molecule has 1 aromatic carbocycles. The van der Waals surface area contributed by atoms with E-state index in [1.165, 1.54) is 39.2 Å². The van der Waals surface area contributed by atoms with Crippen LogP contribution in [0, 0.1) is 27.7 Å². The summed E-state index contributed by atoms with van der Waals surface area (Å²) in [5.41, 5.74) is 9.63. The van der Waals surface area contributed by atoms with Gasteiger partial charge in [-0.1, -0.05) is 26.8 Å². The van der Waals surface area contributed by atoms with Crippen molar-refractivity contribution in [1.82, 2.24) is 0 Å². The first-order chi connectivity index (χ1) is 9.62. The van der Waals surface area contributed by atoms with Crippen LogP contribution in [0.1, 0.15) is 48.7 Å². The molecule has 2 rings (SSSR count). The topological polar surface area (TPSA) is 3.88 Å². The van der Waals surface area contributed by atoms with Crippen LogP contribution in [0.4, 0.5) is 0 Å². The minimum atomic E-state index is 0.171. The van der Waals surface area contributed by atoms with E-state index in [1.54, 1.807) is 0 Å². The number of nitrogens with zero attached hydrogens (tertiary/aromatic N) is 1. The fraction of sp³-hybridized carbons (Fsp3) is 0.450. The monoisotopic (exact) mass is 282 g/mol. The number of pyridine rings is 1. The van der Waals surface area contributed by atoms with E-state index in [0.29, 0.717) is 0 Å². The average Bonchev–Trinajstić information content (AvgIpc) is 2.36. The van der Waals surface area contributed by atoms with Crippen LogP contribution in [0.2, 0.25) is 0 Å². The van der Waals surface area contributed by atoms with Gasteiger partial charge in [-0.2, -0.15) is 4.57 Å². The van der Waals surface area contributed by atoms with Crippen molar-refractivity contribution >= 4 is 0 Å². The van der Waals surface area contributed by atoms with Gasteiger partial charge in [-0.25, -0.2) is 0 Å². The minimum absolute atomic E-state index is 0.171. The fourth-order valence-electron chi connectivity index (χ4n) is 3.09. The highest BCUT2D eigenvalue weighted by molar-refractivity contribution is 5.64. The summed E-state index contributed by atoms with van der Waals surface area (Å²) in [5, 5.41) is 0. The van der Waals surface area contributed by atoms with Crippen LogP contribution in [0.5, 0.6) is 0 Å². The third-order valence-electron chi connectivity index (χ3n) is 4.58. The zero-order valence-corrected chi connectivity index (χ0v) is 14.8. The molecule has 21 heavy (non-hydrogen) atoms. The zero-order valence-electron chi connectivity index (χ0n) is 14.8. The number of aryl methyl sites for hydroxylation is 3. The summed E-state index contributed by atoms with van der Waals surface area (Å²) in [7, 11) is 2.16. The van der Waals surface area contributed by atoms with Crippen molar-refractivity contribution in [1.29, 1.82) is 0 Å². The molecule has 2 aromatic rings. The van der Waals surface area contributed by atoms with Crippen LogP contribution in [0.15, 0.2) is 24.3 Å². The number of hydrogen-bond acceptors (Lipinski definition) is 0. The van der Waals surface area contributed by atoms with Gasteiger partial charge in [0.05, 0.1) is 0 Å². The minimum Gasteiger partial charge on any atom is -0.198 e. The molecule has 0 spiro atoms. The summed E-state index contributed by atoms with van der Waals surface area (Å²) < 4.78 is 2.30. The fourth-order valence-corrected chi connectivity index (χ4v) is 3.09. The molecule has 0 aliphatic heterocycles. The molecule has 112 valence electrons.